The molecule has 1 heterocycles. The third-order valence-corrected chi connectivity index (χ3v) is 8.99. The topological polar surface area (TPSA) is 136 Å². The van der Waals surface area contributed by atoms with Gasteiger partial charge in [-0.15, -0.1) is 0 Å². The zero-order chi connectivity index (χ0) is 27.7. The Morgan fingerprint density at radius 2 is 2.00 bits per heavy atom. The standard InChI is InChI=1S/C29H35NO8/c1-18-4-12-24-28(2,15-14-25(32)29(24,3)17-31)22(18)11-10-21-23(16-37-27(21)34)38-26(33)13-7-19-5-8-20(9-6-19)30(35)36/h5-10,13,22-25,31-32H,1,4,11-12,14-17H2,2-3H3/b13-7+,21-10+/t22?,23?,24?,25?,28?,29-/m0/s1. The molecule has 2 saturated carbocycles. The van der Waals surface area contributed by atoms with Gasteiger partial charge in [-0.2, -0.15) is 0 Å². The number of rotatable bonds is 7. The number of cyclic esters (lactones) is 1. The molecule has 4 rings (SSSR count). The highest BCUT2D eigenvalue weighted by Gasteiger charge is 2.57. The van der Waals surface area contributed by atoms with Crippen LogP contribution >= 0.6 is 0 Å². The predicted molar refractivity (Wildman–Crippen MR) is 140 cm³/mol. The number of hydrogen-bond donors (Lipinski definition) is 2. The van der Waals surface area contributed by atoms with Gasteiger partial charge in [0, 0.05) is 23.6 Å². The Morgan fingerprint density at radius 1 is 1.29 bits per heavy atom. The van der Waals surface area contributed by atoms with Crippen molar-refractivity contribution in [2.24, 2.45) is 22.7 Å². The van der Waals surface area contributed by atoms with E-state index in [4.69, 9.17) is 9.47 Å². The van der Waals surface area contributed by atoms with Crippen molar-refractivity contribution in [3.05, 3.63) is 69.8 Å². The number of fused-ring (bicyclic) bond motifs is 1. The normalized spacial score (nSPS) is 34.3. The van der Waals surface area contributed by atoms with Crippen LogP contribution in [-0.4, -0.2) is 52.5 Å². The number of esters is 2. The maximum absolute atomic E-state index is 12.5. The lowest BCUT2D eigenvalue weighted by atomic mass is 9.46. The summed E-state index contributed by atoms with van der Waals surface area (Å²) in [5.41, 5.74) is 1.12. The maximum atomic E-state index is 12.5. The first-order chi connectivity index (χ1) is 18.0. The van der Waals surface area contributed by atoms with E-state index in [9.17, 15) is 29.9 Å². The lowest BCUT2D eigenvalue weighted by Crippen LogP contribution is -2.57. The van der Waals surface area contributed by atoms with E-state index in [0.29, 0.717) is 24.0 Å². The summed E-state index contributed by atoms with van der Waals surface area (Å²) in [5, 5.41) is 31.7. The van der Waals surface area contributed by atoms with Gasteiger partial charge in [-0.05, 0) is 73.1 Å². The van der Waals surface area contributed by atoms with E-state index in [1.807, 2.05) is 6.92 Å². The maximum Gasteiger partial charge on any atom is 0.337 e. The van der Waals surface area contributed by atoms with Gasteiger partial charge in [-0.25, -0.2) is 9.59 Å². The van der Waals surface area contributed by atoms with Gasteiger partial charge in [0.2, 0.25) is 0 Å². The average Bonchev–Trinajstić information content (AvgIpc) is 3.23. The summed E-state index contributed by atoms with van der Waals surface area (Å²) >= 11 is 0. The highest BCUT2D eigenvalue weighted by Crippen LogP contribution is 2.61. The lowest BCUT2D eigenvalue weighted by molar-refractivity contribution is -0.384. The van der Waals surface area contributed by atoms with Crippen LogP contribution in [0.1, 0.15) is 51.5 Å². The summed E-state index contributed by atoms with van der Waals surface area (Å²) in [4.78, 5) is 35.2. The van der Waals surface area contributed by atoms with Gasteiger partial charge in [-0.3, -0.25) is 10.1 Å². The molecule has 0 radical (unpaired) electrons. The smallest absolute Gasteiger partial charge is 0.337 e. The van der Waals surface area contributed by atoms with Crippen LogP contribution in [0.15, 0.2) is 54.1 Å². The van der Waals surface area contributed by atoms with E-state index >= 15 is 0 Å². The van der Waals surface area contributed by atoms with Crippen molar-refractivity contribution in [3.63, 3.8) is 0 Å². The molecule has 3 fully saturated rings. The van der Waals surface area contributed by atoms with Gasteiger partial charge in [0.1, 0.15) is 6.61 Å². The van der Waals surface area contributed by atoms with Crippen LogP contribution in [0.2, 0.25) is 0 Å². The van der Waals surface area contributed by atoms with Gasteiger partial charge in [0.05, 0.1) is 23.2 Å². The Hall–Kier alpha value is -3.30. The van der Waals surface area contributed by atoms with E-state index in [1.54, 1.807) is 6.08 Å². The number of non-ortho nitro benzene ring substituents is 1. The Labute approximate surface area is 222 Å². The molecule has 1 aromatic carbocycles. The Morgan fingerprint density at radius 3 is 2.66 bits per heavy atom. The third-order valence-electron chi connectivity index (χ3n) is 8.99. The van der Waals surface area contributed by atoms with E-state index in [2.05, 4.69) is 13.5 Å². The summed E-state index contributed by atoms with van der Waals surface area (Å²) < 4.78 is 10.7. The molecule has 3 aliphatic rings. The summed E-state index contributed by atoms with van der Waals surface area (Å²) in [6.45, 7) is 8.31. The van der Waals surface area contributed by atoms with Gasteiger partial charge < -0.3 is 19.7 Å². The first-order valence-corrected chi connectivity index (χ1v) is 13.0. The van der Waals surface area contributed by atoms with Crippen LogP contribution in [0.5, 0.6) is 0 Å². The predicted octanol–water partition coefficient (Wildman–Crippen LogP) is 4.14. The Balaban J connectivity index is 1.46. The van der Waals surface area contributed by atoms with Crippen LogP contribution in [0.3, 0.4) is 0 Å². The van der Waals surface area contributed by atoms with Crippen LogP contribution in [0, 0.1) is 32.8 Å². The molecule has 38 heavy (non-hydrogen) atoms. The first-order valence-electron chi connectivity index (χ1n) is 13.0. The molecular weight excluding hydrogens is 490 g/mol. The van der Waals surface area contributed by atoms with E-state index in [1.165, 1.54) is 36.4 Å². The average molecular weight is 526 g/mol. The number of aliphatic hydroxyl groups is 2. The van der Waals surface area contributed by atoms with Crippen molar-refractivity contribution < 1.29 is 34.2 Å². The number of benzene rings is 1. The molecule has 1 aliphatic heterocycles. The summed E-state index contributed by atoms with van der Waals surface area (Å²) in [7, 11) is 0. The SMILES string of the molecule is C=C1CCC2C(C)(CCC(O)[C@@]2(C)CO)C1C/C=C1/C(=O)OCC1OC(=O)/C=C/c1ccc([N+](=O)[O-])cc1. The van der Waals surface area contributed by atoms with Crippen molar-refractivity contribution in [1.29, 1.82) is 0 Å². The number of aliphatic hydroxyl groups excluding tert-OH is 2. The molecule has 0 amide bonds. The molecule has 2 aliphatic carbocycles. The van der Waals surface area contributed by atoms with Crippen LogP contribution in [-0.2, 0) is 19.1 Å². The number of hydrogen-bond acceptors (Lipinski definition) is 8. The molecule has 204 valence electrons. The first kappa shape index (κ1) is 27.7. The van der Waals surface area contributed by atoms with Gasteiger partial charge in [0.15, 0.2) is 6.10 Å². The molecule has 1 aromatic rings. The van der Waals surface area contributed by atoms with E-state index in [0.717, 1.165) is 24.8 Å². The molecule has 9 nitrogen and oxygen atoms in total. The third kappa shape index (κ3) is 5.17. The van der Waals surface area contributed by atoms with Crippen molar-refractivity contribution in [3.8, 4) is 0 Å². The second-order valence-corrected chi connectivity index (χ2v) is 11.1. The Kier molecular flexibility index (Phi) is 7.90. The minimum Gasteiger partial charge on any atom is -0.458 e. The molecule has 6 atom stereocenters. The quantitative estimate of drug-likeness (QED) is 0.178. The van der Waals surface area contributed by atoms with Crippen LogP contribution in [0.25, 0.3) is 6.08 Å². The fourth-order valence-corrected chi connectivity index (χ4v) is 6.70. The Bertz CT molecular complexity index is 1170. The van der Waals surface area contributed by atoms with Crippen LogP contribution < -0.4 is 0 Å². The number of ether oxygens (including phenoxy) is 2. The number of nitro benzene ring substituents is 1. The molecule has 0 spiro atoms. The number of nitro groups is 1. The number of carbonyl (C=O) groups is 2. The fraction of sp³-hybridized carbons (Fsp3) is 0.517. The van der Waals surface area contributed by atoms with Gasteiger partial charge in [-0.1, -0.05) is 32.1 Å². The molecule has 1 saturated heterocycles. The molecule has 0 aromatic heterocycles. The van der Waals surface area contributed by atoms with Crippen molar-refractivity contribution in [2.75, 3.05) is 13.2 Å². The van der Waals surface area contributed by atoms with Crippen molar-refractivity contribution in [1.82, 2.24) is 0 Å². The molecule has 0 bridgehead atoms. The summed E-state index contributed by atoms with van der Waals surface area (Å²) in [6.07, 6.45) is 6.60. The second-order valence-electron chi connectivity index (χ2n) is 11.1. The molecule has 5 unspecified atom stereocenters. The highest BCUT2D eigenvalue weighted by atomic mass is 16.6. The van der Waals surface area contributed by atoms with Crippen molar-refractivity contribution >= 4 is 23.7 Å². The number of carbonyl (C=O) groups excluding carboxylic acids is 2. The highest BCUT2D eigenvalue weighted by molar-refractivity contribution is 5.93. The zero-order valence-electron chi connectivity index (χ0n) is 21.8. The largest absolute Gasteiger partial charge is 0.458 e. The van der Waals surface area contributed by atoms with E-state index in [-0.39, 0.29) is 36.2 Å². The van der Waals surface area contributed by atoms with Gasteiger partial charge in [0.25, 0.3) is 5.69 Å². The van der Waals surface area contributed by atoms with Gasteiger partial charge >= 0.3 is 11.9 Å². The monoisotopic (exact) mass is 525 g/mol. The molecular formula is C29H35NO8. The van der Waals surface area contributed by atoms with E-state index < -0.39 is 34.5 Å². The minimum atomic E-state index is -0.840. The lowest BCUT2D eigenvalue weighted by Gasteiger charge is -2.59. The second kappa shape index (κ2) is 10.8. The molecule has 2 N–H and O–H groups in total. The fourth-order valence-electron chi connectivity index (χ4n) is 6.70. The van der Waals surface area contributed by atoms with Crippen molar-refractivity contribution in [2.45, 2.75) is 58.2 Å². The minimum absolute atomic E-state index is 0.0407. The van der Waals surface area contributed by atoms with Crippen LogP contribution in [0.4, 0.5) is 5.69 Å². The number of allylic oxidation sites excluding steroid dienone is 2. The summed E-state index contributed by atoms with van der Waals surface area (Å²) in [6, 6.07) is 5.73. The molecule has 9 heteroatoms. The summed E-state index contributed by atoms with van der Waals surface area (Å²) in [5.74, 6) is -1.04. The zero-order valence-corrected chi connectivity index (χ0v) is 21.8. The number of nitrogens with zero attached hydrogens (tertiary/aromatic N) is 1.